The number of halogens is 1. The summed E-state index contributed by atoms with van der Waals surface area (Å²) >= 11 is 7.12. The molecular formula is C24H22ClN5O3S. The van der Waals surface area contributed by atoms with Crippen molar-refractivity contribution in [3.63, 3.8) is 0 Å². The molecule has 0 aliphatic heterocycles. The van der Waals surface area contributed by atoms with Gasteiger partial charge in [-0.3, -0.25) is 9.36 Å². The van der Waals surface area contributed by atoms with Crippen LogP contribution in [0.5, 0.6) is 11.5 Å². The molecule has 4 aromatic rings. The summed E-state index contributed by atoms with van der Waals surface area (Å²) in [6, 6.07) is 18.5. The first-order valence-electron chi connectivity index (χ1n) is 10.4. The molecule has 0 radical (unpaired) electrons. The Bertz CT molecular complexity index is 1260. The van der Waals surface area contributed by atoms with Crippen molar-refractivity contribution >= 4 is 35.1 Å². The van der Waals surface area contributed by atoms with Gasteiger partial charge in [0.15, 0.2) is 11.0 Å². The van der Waals surface area contributed by atoms with E-state index in [2.05, 4.69) is 20.5 Å². The monoisotopic (exact) mass is 495 g/mol. The largest absolute Gasteiger partial charge is 0.497 e. The van der Waals surface area contributed by atoms with E-state index in [4.69, 9.17) is 21.1 Å². The van der Waals surface area contributed by atoms with Gasteiger partial charge in [0.05, 0.1) is 24.5 Å². The second-order valence-electron chi connectivity index (χ2n) is 7.00. The minimum atomic E-state index is -0.219. The Morgan fingerprint density at radius 3 is 2.62 bits per heavy atom. The van der Waals surface area contributed by atoms with Gasteiger partial charge in [0.2, 0.25) is 5.91 Å². The van der Waals surface area contributed by atoms with Crippen LogP contribution in [0.4, 0.5) is 5.82 Å². The van der Waals surface area contributed by atoms with E-state index in [0.717, 1.165) is 17.0 Å². The number of aromatic nitrogens is 4. The molecule has 0 saturated heterocycles. The Labute approximate surface area is 206 Å². The first-order chi connectivity index (χ1) is 16.6. The Hall–Kier alpha value is -3.56. The number of methoxy groups -OCH3 is 1. The van der Waals surface area contributed by atoms with E-state index in [0.29, 0.717) is 34.2 Å². The summed E-state index contributed by atoms with van der Waals surface area (Å²) in [6.07, 6.45) is 1.48. The SMILES string of the molecule is CCOc1ccc(-n2c(SCC(=O)Nc3ccc(Cl)cn3)nnc2-c2cccc(OC)c2)cc1. The van der Waals surface area contributed by atoms with Gasteiger partial charge in [0.25, 0.3) is 0 Å². The van der Waals surface area contributed by atoms with Crippen molar-refractivity contribution < 1.29 is 14.3 Å². The molecule has 0 unspecified atom stereocenters. The molecule has 0 aliphatic rings. The third-order valence-electron chi connectivity index (χ3n) is 4.69. The van der Waals surface area contributed by atoms with Crippen molar-refractivity contribution in [2.24, 2.45) is 0 Å². The zero-order valence-electron chi connectivity index (χ0n) is 18.6. The molecular weight excluding hydrogens is 474 g/mol. The number of thioether (sulfide) groups is 1. The molecule has 10 heteroatoms. The molecule has 0 atom stereocenters. The van der Waals surface area contributed by atoms with Crippen LogP contribution in [-0.2, 0) is 4.79 Å². The average molecular weight is 496 g/mol. The lowest BCUT2D eigenvalue weighted by molar-refractivity contribution is -0.113. The van der Waals surface area contributed by atoms with Crippen LogP contribution in [-0.4, -0.2) is 45.1 Å². The van der Waals surface area contributed by atoms with Gasteiger partial charge in [-0.05, 0) is 55.5 Å². The highest BCUT2D eigenvalue weighted by molar-refractivity contribution is 7.99. The number of amides is 1. The molecule has 2 heterocycles. The van der Waals surface area contributed by atoms with Crippen molar-refractivity contribution in [2.75, 3.05) is 24.8 Å². The molecule has 0 fully saturated rings. The Kier molecular flexibility index (Phi) is 7.66. The van der Waals surface area contributed by atoms with Crippen LogP contribution >= 0.6 is 23.4 Å². The normalized spacial score (nSPS) is 10.7. The van der Waals surface area contributed by atoms with Crippen molar-refractivity contribution in [2.45, 2.75) is 12.1 Å². The highest BCUT2D eigenvalue weighted by Crippen LogP contribution is 2.30. The predicted octanol–water partition coefficient (Wildman–Crippen LogP) is 5.12. The molecule has 2 aromatic heterocycles. The first-order valence-corrected chi connectivity index (χ1v) is 11.8. The Morgan fingerprint density at radius 1 is 1.09 bits per heavy atom. The average Bonchev–Trinajstić information content (AvgIpc) is 3.29. The second-order valence-corrected chi connectivity index (χ2v) is 8.38. The number of nitrogens with zero attached hydrogens (tertiary/aromatic N) is 4. The third kappa shape index (κ3) is 5.67. The zero-order valence-corrected chi connectivity index (χ0v) is 20.1. The number of hydrogen-bond acceptors (Lipinski definition) is 7. The highest BCUT2D eigenvalue weighted by atomic mass is 35.5. The number of pyridine rings is 1. The van der Waals surface area contributed by atoms with Gasteiger partial charge < -0.3 is 14.8 Å². The Morgan fingerprint density at radius 2 is 1.91 bits per heavy atom. The molecule has 0 spiro atoms. The quantitative estimate of drug-likeness (QED) is 0.322. The van der Waals surface area contributed by atoms with Crippen LogP contribution < -0.4 is 14.8 Å². The number of carbonyl (C=O) groups is 1. The standard InChI is InChI=1S/C24H22ClN5O3S/c1-3-33-19-10-8-18(9-11-19)30-23(16-5-4-6-20(13-16)32-2)28-29-24(30)34-15-22(31)27-21-12-7-17(25)14-26-21/h4-14H,3,15H2,1-2H3,(H,26,27,31). The summed E-state index contributed by atoms with van der Waals surface area (Å²) in [5.41, 5.74) is 1.68. The predicted molar refractivity (Wildman–Crippen MR) is 133 cm³/mol. The number of carbonyl (C=O) groups excluding carboxylic acids is 1. The minimum absolute atomic E-state index is 0.123. The lowest BCUT2D eigenvalue weighted by Crippen LogP contribution is -2.15. The topological polar surface area (TPSA) is 91.2 Å². The fourth-order valence-corrected chi connectivity index (χ4v) is 4.03. The summed E-state index contributed by atoms with van der Waals surface area (Å²) in [4.78, 5) is 16.6. The van der Waals surface area contributed by atoms with Crippen LogP contribution in [0.3, 0.4) is 0 Å². The van der Waals surface area contributed by atoms with Gasteiger partial charge >= 0.3 is 0 Å². The van der Waals surface area contributed by atoms with E-state index < -0.39 is 0 Å². The summed E-state index contributed by atoms with van der Waals surface area (Å²) in [5.74, 6) is 2.45. The van der Waals surface area contributed by atoms with Gasteiger partial charge in [0, 0.05) is 17.4 Å². The van der Waals surface area contributed by atoms with Crippen LogP contribution in [0, 0.1) is 0 Å². The molecule has 0 saturated carbocycles. The lowest BCUT2D eigenvalue weighted by atomic mass is 10.2. The van der Waals surface area contributed by atoms with Crippen molar-refractivity contribution in [1.29, 1.82) is 0 Å². The summed E-state index contributed by atoms with van der Waals surface area (Å²) < 4.78 is 12.8. The molecule has 34 heavy (non-hydrogen) atoms. The fourth-order valence-electron chi connectivity index (χ4n) is 3.16. The van der Waals surface area contributed by atoms with E-state index >= 15 is 0 Å². The van der Waals surface area contributed by atoms with E-state index in [1.807, 2.05) is 60.0 Å². The van der Waals surface area contributed by atoms with Crippen LogP contribution in [0.25, 0.3) is 17.1 Å². The van der Waals surface area contributed by atoms with Crippen LogP contribution in [0.15, 0.2) is 72.0 Å². The summed E-state index contributed by atoms with van der Waals surface area (Å²) in [6.45, 7) is 2.52. The van der Waals surface area contributed by atoms with Gasteiger partial charge in [-0.1, -0.05) is 35.5 Å². The van der Waals surface area contributed by atoms with E-state index in [9.17, 15) is 4.79 Å². The van der Waals surface area contributed by atoms with Gasteiger partial charge in [0.1, 0.15) is 17.3 Å². The molecule has 2 aromatic carbocycles. The number of anilines is 1. The minimum Gasteiger partial charge on any atom is -0.497 e. The zero-order chi connectivity index (χ0) is 23.9. The van der Waals surface area contributed by atoms with Gasteiger partial charge in [-0.25, -0.2) is 4.98 Å². The van der Waals surface area contributed by atoms with Gasteiger partial charge in [-0.2, -0.15) is 0 Å². The smallest absolute Gasteiger partial charge is 0.236 e. The molecule has 1 N–H and O–H groups in total. The first kappa shape index (κ1) is 23.6. The third-order valence-corrected chi connectivity index (χ3v) is 5.85. The number of hydrogen-bond donors (Lipinski definition) is 1. The van der Waals surface area contributed by atoms with E-state index in [1.54, 1.807) is 19.2 Å². The lowest BCUT2D eigenvalue weighted by Gasteiger charge is -2.12. The maximum absolute atomic E-state index is 12.5. The fraction of sp³-hybridized carbons (Fsp3) is 0.167. The van der Waals surface area contributed by atoms with Crippen molar-refractivity contribution in [3.8, 4) is 28.6 Å². The number of rotatable bonds is 9. The van der Waals surface area contributed by atoms with E-state index in [-0.39, 0.29) is 11.7 Å². The molecule has 1 amide bonds. The van der Waals surface area contributed by atoms with E-state index in [1.165, 1.54) is 18.0 Å². The molecule has 0 bridgehead atoms. The summed E-state index contributed by atoms with van der Waals surface area (Å²) in [5, 5.41) is 12.6. The van der Waals surface area contributed by atoms with Crippen molar-refractivity contribution in [3.05, 3.63) is 71.9 Å². The number of benzene rings is 2. The van der Waals surface area contributed by atoms with Gasteiger partial charge in [-0.15, -0.1) is 10.2 Å². The Balaban J connectivity index is 1.61. The maximum Gasteiger partial charge on any atom is 0.236 e. The molecule has 174 valence electrons. The van der Waals surface area contributed by atoms with Crippen molar-refractivity contribution in [1.82, 2.24) is 19.7 Å². The highest BCUT2D eigenvalue weighted by Gasteiger charge is 2.18. The van der Waals surface area contributed by atoms with Crippen LogP contribution in [0.1, 0.15) is 6.92 Å². The maximum atomic E-state index is 12.5. The molecule has 0 aliphatic carbocycles. The van der Waals surface area contributed by atoms with Crippen LogP contribution in [0.2, 0.25) is 5.02 Å². The number of nitrogens with one attached hydrogen (secondary N) is 1. The molecule has 4 rings (SSSR count). The summed E-state index contributed by atoms with van der Waals surface area (Å²) in [7, 11) is 1.62. The second kappa shape index (κ2) is 11.0. The molecule has 8 nitrogen and oxygen atoms in total. The number of ether oxygens (including phenoxy) is 2.